The summed E-state index contributed by atoms with van der Waals surface area (Å²) in [5.41, 5.74) is 4.11. The molecule has 6 aromatic carbocycles. The average molecular weight is 449 g/mol. The minimum absolute atomic E-state index is 1.30. The fraction of sp³-hybridized carbons (Fsp3) is 0.0303. The van der Waals surface area contributed by atoms with E-state index in [0.29, 0.717) is 0 Å². The van der Waals surface area contributed by atoms with E-state index in [4.69, 9.17) is 0 Å². The van der Waals surface area contributed by atoms with Gasteiger partial charge in [-0.05, 0) is 66.4 Å². The molecule has 0 saturated carbocycles. The minimum Gasteiger partial charge on any atom is -0.0623 e. The summed E-state index contributed by atoms with van der Waals surface area (Å²) in [4.78, 5) is 0. The van der Waals surface area contributed by atoms with Crippen LogP contribution in [-0.2, 0) is 0 Å². The standard InChI is InChI=1S/C33H24Si/c1-23-10-9-14-27(20-23)34(26-12-3-2-4-13-26)32-17-8-7-16-29(32)31-21-25-19-18-24-11-5-6-15-28(24)30(25)22-33(31)34/h2-22H,1H3. The Morgan fingerprint density at radius 2 is 1.18 bits per heavy atom. The fourth-order valence-corrected chi connectivity index (χ4v) is 11.4. The second-order valence-corrected chi connectivity index (χ2v) is 13.2. The van der Waals surface area contributed by atoms with Crippen LogP contribution in [0.4, 0.5) is 0 Å². The molecule has 1 heteroatoms. The van der Waals surface area contributed by atoms with E-state index in [1.54, 1.807) is 0 Å². The first-order chi connectivity index (χ1) is 16.8. The molecule has 1 atom stereocenters. The fourth-order valence-electron chi connectivity index (χ4n) is 6.13. The van der Waals surface area contributed by atoms with Crippen LogP contribution in [0.5, 0.6) is 0 Å². The molecular weight excluding hydrogens is 424 g/mol. The molecular formula is C33H24Si. The molecule has 6 aromatic rings. The van der Waals surface area contributed by atoms with Gasteiger partial charge >= 0.3 is 0 Å². The van der Waals surface area contributed by atoms with Crippen LogP contribution in [0.25, 0.3) is 32.7 Å². The van der Waals surface area contributed by atoms with Crippen molar-refractivity contribution in [3.05, 3.63) is 133 Å². The molecule has 1 heterocycles. The van der Waals surface area contributed by atoms with Gasteiger partial charge in [-0.15, -0.1) is 0 Å². The zero-order chi connectivity index (χ0) is 22.7. The van der Waals surface area contributed by atoms with Crippen molar-refractivity contribution in [1.82, 2.24) is 0 Å². The van der Waals surface area contributed by atoms with E-state index in [9.17, 15) is 0 Å². The lowest BCUT2D eigenvalue weighted by Gasteiger charge is -2.31. The van der Waals surface area contributed by atoms with E-state index in [0.717, 1.165) is 0 Å². The number of hydrogen-bond donors (Lipinski definition) is 0. The van der Waals surface area contributed by atoms with Gasteiger partial charge in [0.2, 0.25) is 0 Å². The quantitative estimate of drug-likeness (QED) is 0.236. The maximum atomic E-state index is 2.54. The highest BCUT2D eigenvalue weighted by Gasteiger charge is 2.48. The first-order valence-electron chi connectivity index (χ1n) is 12.0. The molecule has 0 saturated heterocycles. The molecule has 0 N–H and O–H groups in total. The van der Waals surface area contributed by atoms with E-state index in [1.165, 1.54) is 59.0 Å². The van der Waals surface area contributed by atoms with Crippen LogP contribution in [0.15, 0.2) is 127 Å². The number of fused-ring (bicyclic) bond motifs is 6. The number of aryl methyl sites for hydroxylation is 1. The third-order valence-corrected chi connectivity index (χ3v) is 12.4. The first kappa shape index (κ1) is 19.5. The lowest BCUT2D eigenvalue weighted by atomic mass is 9.97. The molecule has 0 amide bonds. The second-order valence-electron chi connectivity index (χ2n) is 9.44. The van der Waals surface area contributed by atoms with Gasteiger partial charge in [-0.3, -0.25) is 0 Å². The van der Waals surface area contributed by atoms with Crippen LogP contribution in [0.1, 0.15) is 5.56 Å². The van der Waals surface area contributed by atoms with Gasteiger partial charge in [-0.25, -0.2) is 0 Å². The monoisotopic (exact) mass is 448 g/mol. The van der Waals surface area contributed by atoms with Crippen molar-refractivity contribution >= 4 is 50.4 Å². The third kappa shape index (κ3) is 2.59. The summed E-state index contributed by atoms with van der Waals surface area (Å²) in [7, 11) is -2.46. The van der Waals surface area contributed by atoms with E-state index >= 15 is 0 Å². The van der Waals surface area contributed by atoms with Crippen molar-refractivity contribution in [2.75, 3.05) is 0 Å². The van der Waals surface area contributed by atoms with Gasteiger partial charge < -0.3 is 0 Å². The summed E-state index contributed by atoms with van der Waals surface area (Å²) in [6.45, 7) is 2.21. The van der Waals surface area contributed by atoms with Crippen molar-refractivity contribution in [3.8, 4) is 11.1 Å². The predicted octanol–water partition coefficient (Wildman–Crippen LogP) is 5.66. The third-order valence-electron chi connectivity index (χ3n) is 7.57. The van der Waals surface area contributed by atoms with Crippen LogP contribution in [0.2, 0.25) is 0 Å². The molecule has 0 bridgehead atoms. The second kappa shape index (κ2) is 7.28. The number of rotatable bonds is 2. The number of benzene rings is 6. The Morgan fingerprint density at radius 1 is 0.441 bits per heavy atom. The van der Waals surface area contributed by atoms with Crippen molar-refractivity contribution in [3.63, 3.8) is 0 Å². The Kier molecular flexibility index (Phi) is 4.18. The summed E-state index contributed by atoms with van der Waals surface area (Å²) in [6, 6.07) is 47.9. The molecule has 0 radical (unpaired) electrons. The Balaban J connectivity index is 1.70. The van der Waals surface area contributed by atoms with Gasteiger partial charge in [0.15, 0.2) is 8.07 Å². The van der Waals surface area contributed by atoms with Crippen molar-refractivity contribution in [1.29, 1.82) is 0 Å². The molecule has 160 valence electrons. The molecule has 0 spiro atoms. The number of hydrogen-bond acceptors (Lipinski definition) is 0. The predicted molar refractivity (Wildman–Crippen MR) is 149 cm³/mol. The molecule has 1 aliphatic rings. The average Bonchev–Trinajstić information content (AvgIpc) is 3.18. The highest BCUT2D eigenvalue weighted by molar-refractivity contribution is 7.22. The Bertz CT molecular complexity index is 1710. The van der Waals surface area contributed by atoms with Gasteiger partial charge in [-0.1, -0.05) is 127 Å². The van der Waals surface area contributed by atoms with Crippen LogP contribution >= 0.6 is 0 Å². The summed E-state index contributed by atoms with van der Waals surface area (Å²) in [6.07, 6.45) is 0. The van der Waals surface area contributed by atoms with Crippen LogP contribution < -0.4 is 20.7 Å². The van der Waals surface area contributed by atoms with Crippen LogP contribution in [0, 0.1) is 6.92 Å². The molecule has 1 aliphatic heterocycles. The van der Waals surface area contributed by atoms with Crippen LogP contribution in [-0.4, -0.2) is 8.07 Å². The van der Waals surface area contributed by atoms with Gasteiger partial charge in [0.25, 0.3) is 0 Å². The molecule has 1 unspecified atom stereocenters. The summed E-state index contributed by atoms with van der Waals surface area (Å²) in [5, 5.41) is 11.2. The topological polar surface area (TPSA) is 0 Å². The molecule has 0 fully saturated rings. The Labute approximate surface area is 201 Å². The maximum absolute atomic E-state index is 2.54. The lowest BCUT2D eigenvalue weighted by molar-refractivity contribution is 1.49. The molecule has 0 aromatic heterocycles. The summed E-state index contributed by atoms with van der Waals surface area (Å²) < 4.78 is 0. The smallest absolute Gasteiger partial charge is 0.0623 e. The lowest BCUT2D eigenvalue weighted by Crippen LogP contribution is -2.72. The van der Waals surface area contributed by atoms with Gasteiger partial charge in [0.05, 0.1) is 0 Å². The Hall–Kier alpha value is -3.94. The molecule has 0 aliphatic carbocycles. The van der Waals surface area contributed by atoms with E-state index in [2.05, 4.69) is 134 Å². The van der Waals surface area contributed by atoms with Crippen molar-refractivity contribution < 1.29 is 0 Å². The Morgan fingerprint density at radius 3 is 2.06 bits per heavy atom. The van der Waals surface area contributed by atoms with E-state index < -0.39 is 8.07 Å². The molecule has 0 nitrogen and oxygen atoms in total. The van der Waals surface area contributed by atoms with E-state index in [1.807, 2.05) is 0 Å². The van der Waals surface area contributed by atoms with E-state index in [-0.39, 0.29) is 0 Å². The molecule has 34 heavy (non-hydrogen) atoms. The molecule has 7 rings (SSSR count). The summed E-state index contributed by atoms with van der Waals surface area (Å²) >= 11 is 0. The van der Waals surface area contributed by atoms with Crippen molar-refractivity contribution in [2.24, 2.45) is 0 Å². The van der Waals surface area contributed by atoms with Crippen molar-refractivity contribution in [2.45, 2.75) is 6.92 Å². The van der Waals surface area contributed by atoms with Gasteiger partial charge in [0.1, 0.15) is 0 Å². The first-order valence-corrected chi connectivity index (χ1v) is 14.0. The zero-order valence-electron chi connectivity index (χ0n) is 19.1. The van der Waals surface area contributed by atoms with Crippen LogP contribution in [0.3, 0.4) is 0 Å². The summed E-state index contributed by atoms with van der Waals surface area (Å²) in [5.74, 6) is 0. The highest BCUT2D eigenvalue weighted by atomic mass is 28.3. The normalized spacial score (nSPS) is 16.5. The maximum Gasteiger partial charge on any atom is 0.180 e. The highest BCUT2D eigenvalue weighted by Crippen LogP contribution is 2.34. The SMILES string of the molecule is Cc1cccc([Si]2(c3ccccc3)c3ccccc3-c3cc4ccc5ccccc5c4cc32)c1. The van der Waals surface area contributed by atoms with Gasteiger partial charge in [-0.2, -0.15) is 0 Å². The zero-order valence-corrected chi connectivity index (χ0v) is 20.1. The largest absolute Gasteiger partial charge is 0.180 e. The van der Waals surface area contributed by atoms with Gasteiger partial charge in [0, 0.05) is 0 Å². The minimum atomic E-state index is -2.46.